The zero-order valence-corrected chi connectivity index (χ0v) is 20.6. The van der Waals surface area contributed by atoms with E-state index in [4.69, 9.17) is 14.6 Å². The fourth-order valence-electron chi connectivity index (χ4n) is 3.04. The van der Waals surface area contributed by atoms with Gasteiger partial charge in [0.05, 0.1) is 25.4 Å². The van der Waals surface area contributed by atoms with Crippen LogP contribution in [0.5, 0.6) is 0 Å². The summed E-state index contributed by atoms with van der Waals surface area (Å²) in [6.45, 7) is 14.8. The maximum Gasteiger partial charge on any atom is 0.0900 e. The maximum absolute atomic E-state index is 9.69. The molecule has 6 nitrogen and oxygen atoms in total. The number of aliphatic hydroxyl groups is 2. The van der Waals surface area contributed by atoms with Crippen LogP contribution in [0.1, 0.15) is 79.8 Å². The summed E-state index contributed by atoms with van der Waals surface area (Å²) in [4.78, 5) is 6.44. The first-order valence-electron chi connectivity index (χ1n) is 12.1. The summed E-state index contributed by atoms with van der Waals surface area (Å²) in [7, 11) is 0. The highest BCUT2D eigenvalue weighted by molar-refractivity contribution is 5.02. The third-order valence-corrected chi connectivity index (χ3v) is 5.01. The van der Waals surface area contributed by atoms with Gasteiger partial charge in [0, 0.05) is 37.7 Å². The predicted molar refractivity (Wildman–Crippen MR) is 135 cm³/mol. The van der Waals surface area contributed by atoms with Gasteiger partial charge in [-0.3, -0.25) is 9.88 Å². The van der Waals surface area contributed by atoms with Gasteiger partial charge in [0.25, 0.3) is 0 Å². The van der Waals surface area contributed by atoms with Crippen molar-refractivity contribution in [1.29, 1.82) is 0 Å². The molecule has 1 aromatic heterocycles. The quantitative estimate of drug-likeness (QED) is 0.443. The van der Waals surface area contributed by atoms with Gasteiger partial charge < -0.3 is 19.7 Å². The molecule has 0 saturated carbocycles. The normalized spacial score (nSPS) is 17.3. The molecule has 1 aliphatic rings. The van der Waals surface area contributed by atoms with E-state index in [2.05, 4.69) is 37.6 Å². The zero-order chi connectivity index (χ0) is 23.3. The monoisotopic (exact) mass is 456 g/mol. The second-order valence-electron chi connectivity index (χ2n) is 8.03. The minimum absolute atomic E-state index is 0. The molecule has 1 saturated heterocycles. The van der Waals surface area contributed by atoms with Crippen LogP contribution in [0.4, 0.5) is 0 Å². The molecule has 1 fully saturated rings. The van der Waals surface area contributed by atoms with Crippen LogP contribution in [0.25, 0.3) is 0 Å². The fourth-order valence-corrected chi connectivity index (χ4v) is 3.04. The summed E-state index contributed by atoms with van der Waals surface area (Å²) in [6.07, 6.45) is 7.62. The van der Waals surface area contributed by atoms with E-state index in [0.717, 1.165) is 57.7 Å². The smallest absolute Gasteiger partial charge is 0.0900 e. The number of hydrogen-bond donors (Lipinski definition) is 2. The lowest BCUT2D eigenvalue weighted by molar-refractivity contribution is 0.0158. The molecule has 2 rings (SSSR count). The Hall–Kier alpha value is -1.05. The van der Waals surface area contributed by atoms with E-state index >= 15 is 0 Å². The molecular weight excluding hydrogens is 404 g/mol. The van der Waals surface area contributed by atoms with Gasteiger partial charge in [-0.15, -0.1) is 0 Å². The van der Waals surface area contributed by atoms with Crippen molar-refractivity contribution in [1.82, 2.24) is 9.88 Å². The number of aliphatic hydroxyl groups excluding tert-OH is 2. The molecule has 0 amide bonds. The number of nitrogens with zero attached hydrogens (tertiary/aromatic N) is 2. The molecule has 0 radical (unpaired) electrons. The van der Waals surface area contributed by atoms with E-state index in [1.165, 1.54) is 12.8 Å². The summed E-state index contributed by atoms with van der Waals surface area (Å²) in [5, 5.41) is 18.6. The number of pyridine rings is 1. The number of aryl methyl sites for hydroxylation is 1. The molecule has 3 unspecified atom stereocenters. The van der Waals surface area contributed by atoms with Crippen molar-refractivity contribution in [2.75, 3.05) is 39.5 Å². The van der Waals surface area contributed by atoms with Crippen molar-refractivity contribution < 1.29 is 19.7 Å². The molecule has 0 spiro atoms. The van der Waals surface area contributed by atoms with E-state index in [1.807, 2.05) is 31.3 Å². The highest BCUT2D eigenvalue weighted by Crippen LogP contribution is 2.16. The van der Waals surface area contributed by atoms with Crippen LogP contribution in [-0.2, 0) is 15.9 Å². The van der Waals surface area contributed by atoms with Gasteiger partial charge in [0.2, 0.25) is 0 Å². The van der Waals surface area contributed by atoms with Crippen LogP contribution in [0.15, 0.2) is 24.4 Å². The Morgan fingerprint density at radius 2 is 1.66 bits per heavy atom. The molecule has 1 aromatic rings. The minimum atomic E-state index is -0.318. The standard InChI is InChI=1S/C11H23NO2.C7H9N.C7H16O2.CH4/c1-3-7-14-9-11(13)8-12-6-4-5-10(12)2;1-2-7-5-3-4-6-8-7;1-3-5-9-6-7(8)4-2;/h10-11,13H,3-9H2,1-2H3;3-6H,2H2,1H3;7-8H,3-6H2,1-2H3;1H4. The third-order valence-electron chi connectivity index (χ3n) is 5.01. The van der Waals surface area contributed by atoms with Crippen molar-refractivity contribution in [3.8, 4) is 0 Å². The first-order chi connectivity index (χ1) is 15.0. The lowest BCUT2D eigenvalue weighted by atomic mass is 10.2. The summed E-state index contributed by atoms with van der Waals surface area (Å²) in [5.74, 6) is 0. The van der Waals surface area contributed by atoms with E-state index in [-0.39, 0.29) is 19.6 Å². The Bertz CT molecular complexity index is 490. The van der Waals surface area contributed by atoms with E-state index < -0.39 is 0 Å². The van der Waals surface area contributed by atoms with Gasteiger partial charge in [0.1, 0.15) is 0 Å². The number of aromatic nitrogens is 1. The first kappa shape index (κ1) is 33.1. The van der Waals surface area contributed by atoms with E-state index in [1.54, 1.807) is 0 Å². The second kappa shape index (κ2) is 23.1. The van der Waals surface area contributed by atoms with E-state index in [9.17, 15) is 5.11 Å². The first-order valence-corrected chi connectivity index (χ1v) is 12.1. The average molecular weight is 457 g/mol. The van der Waals surface area contributed by atoms with Crippen LogP contribution in [0, 0.1) is 0 Å². The SMILES string of the molecule is C.CCCOCC(O)CC.CCCOCC(O)CN1CCCC1C.CCc1ccccn1. The Balaban J connectivity index is 0. The Morgan fingerprint density at radius 1 is 1.03 bits per heavy atom. The van der Waals surface area contributed by atoms with Crippen LogP contribution in [-0.4, -0.2) is 77.9 Å². The topological polar surface area (TPSA) is 75.1 Å². The highest BCUT2D eigenvalue weighted by Gasteiger charge is 2.22. The van der Waals surface area contributed by atoms with Gasteiger partial charge in [0.15, 0.2) is 0 Å². The zero-order valence-electron chi connectivity index (χ0n) is 20.6. The third kappa shape index (κ3) is 18.5. The number of β-amino-alcohol motifs (C(OH)–C–C–N with tert-alkyl or cyclic N) is 1. The molecule has 32 heavy (non-hydrogen) atoms. The molecule has 3 atom stereocenters. The molecule has 190 valence electrons. The summed E-state index contributed by atoms with van der Waals surface area (Å²) < 4.78 is 10.4. The molecule has 0 bridgehead atoms. The number of rotatable bonds is 12. The predicted octanol–water partition coefficient (Wildman–Crippen LogP) is 4.72. The Morgan fingerprint density at radius 3 is 2.06 bits per heavy atom. The van der Waals surface area contributed by atoms with Gasteiger partial charge in [-0.1, -0.05) is 41.2 Å². The largest absolute Gasteiger partial charge is 0.391 e. The van der Waals surface area contributed by atoms with Gasteiger partial charge in [-0.25, -0.2) is 0 Å². The molecule has 0 aromatic carbocycles. The van der Waals surface area contributed by atoms with Crippen molar-refractivity contribution in [2.24, 2.45) is 0 Å². The summed E-state index contributed by atoms with van der Waals surface area (Å²) >= 11 is 0. The fraction of sp³-hybridized carbons (Fsp3) is 0.808. The van der Waals surface area contributed by atoms with Crippen molar-refractivity contribution in [2.45, 2.75) is 98.8 Å². The Labute approximate surface area is 198 Å². The van der Waals surface area contributed by atoms with Gasteiger partial charge in [-0.05, 0) is 64.1 Å². The highest BCUT2D eigenvalue weighted by atomic mass is 16.5. The average Bonchev–Trinajstić information content (AvgIpc) is 3.19. The van der Waals surface area contributed by atoms with Crippen molar-refractivity contribution in [3.05, 3.63) is 30.1 Å². The van der Waals surface area contributed by atoms with Gasteiger partial charge in [-0.2, -0.15) is 0 Å². The molecule has 0 aliphatic carbocycles. The molecular formula is C26H52N2O4. The van der Waals surface area contributed by atoms with E-state index in [0.29, 0.717) is 19.3 Å². The maximum atomic E-state index is 9.69. The van der Waals surface area contributed by atoms with Crippen LogP contribution < -0.4 is 0 Å². The molecule has 1 aliphatic heterocycles. The molecule has 2 N–H and O–H groups in total. The van der Waals surface area contributed by atoms with Crippen LogP contribution in [0.3, 0.4) is 0 Å². The Kier molecular flexibility index (Phi) is 23.9. The van der Waals surface area contributed by atoms with Crippen LogP contribution in [0.2, 0.25) is 0 Å². The molecule has 6 heteroatoms. The summed E-state index contributed by atoms with van der Waals surface area (Å²) in [6, 6.07) is 6.60. The number of hydrogen-bond acceptors (Lipinski definition) is 6. The van der Waals surface area contributed by atoms with Crippen molar-refractivity contribution in [3.63, 3.8) is 0 Å². The van der Waals surface area contributed by atoms with Crippen LogP contribution >= 0.6 is 0 Å². The second-order valence-corrected chi connectivity index (χ2v) is 8.03. The lowest BCUT2D eigenvalue weighted by Crippen LogP contribution is -2.36. The van der Waals surface area contributed by atoms with Crippen molar-refractivity contribution >= 4 is 0 Å². The number of likely N-dealkylation sites (tertiary alicyclic amines) is 1. The lowest BCUT2D eigenvalue weighted by Gasteiger charge is -2.23. The molecule has 2 heterocycles. The summed E-state index contributed by atoms with van der Waals surface area (Å²) in [5.41, 5.74) is 1.16. The minimum Gasteiger partial charge on any atom is -0.391 e. The van der Waals surface area contributed by atoms with Gasteiger partial charge >= 0.3 is 0 Å². The number of ether oxygens (including phenoxy) is 2.